The lowest BCUT2D eigenvalue weighted by molar-refractivity contribution is -0.125. The molecule has 0 saturated heterocycles. The van der Waals surface area contributed by atoms with Crippen LogP contribution in [0.15, 0.2) is 59.8 Å². The first kappa shape index (κ1) is 21.0. The van der Waals surface area contributed by atoms with Crippen LogP contribution in [0.5, 0.6) is 0 Å². The summed E-state index contributed by atoms with van der Waals surface area (Å²) in [7, 11) is 0. The van der Waals surface area contributed by atoms with E-state index >= 15 is 0 Å². The van der Waals surface area contributed by atoms with Crippen molar-refractivity contribution in [2.24, 2.45) is 0 Å². The Hall–Kier alpha value is -3.26. The van der Waals surface area contributed by atoms with E-state index in [-0.39, 0.29) is 17.4 Å². The monoisotopic (exact) mass is 433 g/mol. The van der Waals surface area contributed by atoms with Crippen molar-refractivity contribution < 1.29 is 9.59 Å². The van der Waals surface area contributed by atoms with Crippen molar-refractivity contribution >= 4 is 45.5 Å². The molecule has 1 atom stereocenters. The fourth-order valence-electron chi connectivity index (χ4n) is 3.60. The molecule has 0 unspecified atom stereocenters. The molecule has 2 aromatic carbocycles. The number of aryl methyl sites for hydroxylation is 1. The Morgan fingerprint density at radius 1 is 1.06 bits per heavy atom. The molecule has 0 bridgehead atoms. The molecule has 0 fully saturated rings. The molecule has 0 aliphatic heterocycles. The minimum atomic E-state index is -0.664. The topological polar surface area (TPSA) is 89.8 Å². The molecule has 158 valence electrons. The van der Waals surface area contributed by atoms with Crippen molar-refractivity contribution in [3.05, 3.63) is 60.2 Å². The number of nitrogens with one attached hydrogen (secondary N) is 1. The summed E-state index contributed by atoms with van der Waals surface area (Å²) in [5.74, 6) is -0.280. The standard InChI is InChI=1S/C23H23N5O2S/c1-3-13-28-18-12-8-7-11-17(18)21-22(28)25-23(27-26-21)31-14-19(30)24-20(15(2)29)16-9-5-4-6-10-16/h4-12,20H,3,13-14H2,1-2H3,(H,24,30)/t20-/m0/s1. The third-order valence-corrected chi connectivity index (χ3v) is 5.82. The van der Waals surface area contributed by atoms with Crippen LogP contribution in [0.4, 0.5) is 0 Å². The Morgan fingerprint density at radius 2 is 1.81 bits per heavy atom. The highest BCUT2D eigenvalue weighted by molar-refractivity contribution is 7.99. The van der Waals surface area contributed by atoms with Crippen LogP contribution in [0.25, 0.3) is 22.1 Å². The van der Waals surface area contributed by atoms with E-state index in [4.69, 9.17) is 0 Å². The SMILES string of the molecule is CCCn1c2ccccc2c2nnc(SCC(=O)N[C@@H](C(C)=O)c3ccccc3)nc21. The second-order valence-electron chi connectivity index (χ2n) is 7.25. The summed E-state index contributed by atoms with van der Waals surface area (Å²) in [4.78, 5) is 29.2. The summed E-state index contributed by atoms with van der Waals surface area (Å²) in [5.41, 5.74) is 3.37. The van der Waals surface area contributed by atoms with Crippen molar-refractivity contribution in [3.8, 4) is 0 Å². The number of carbonyl (C=O) groups excluding carboxylic acids is 2. The number of thioether (sulfide) groups is 1. The lowest BCUT2D eigenvalue weighted by Crippen LogP contribution is -2.33. The third-order valence-electron chi connectivity index (χ3n) is 4.98. The van der Waals surface area contributed by atoms with Crippen molar-refractivity contribution in [2.45, 2.75) is 38.0 Å². The molecule has 31 heavy (non-hydrogen) atoms. The average Bonchev–Trinajstić information content (AvgIpc) is 3.10. The number of nitrogens with zero attached hydrogens (tertiary/aromatic N) is 4. The zero-order valence-corrected chi connectivity index (χ0v) is 18.2. The normalized spacial score (nSPS) is 12.2. The van der Waals surface area contributed by atoms with Crippen LogP contribution in [-0.2, 0) is 16.1 Å². The van der Waals surface area contributed by atoms with Gasteiger partial charge < -0.3 is 9.88 Å². The van der Waals surface area contributed by atoms with Crippen LogP contribution in [0.2, 0.25) is 0 Å². The molecular formula is C23H23N5O2S. The number of ketones is 1. The van der Waals surface area contributed by atoms with Crippen LogP contribution >= 0.6 is 11.8 Å². The first-order chi connectivity index (χ1) is 15.1. The predicted molar refractivity (Wildman–Crippen MR) is 122 cm³/mol. The number of para-hydroxylation sites is 1. The molecule has 0 aliphatic rings. The number of hydrogen-bond acceptors (Lipinski definition) is 6. The second kappa shape index (κ2) is 9.26. The van der Waals surface area contributed by atoms with Gasteiger partial charge in [0.1, 0.15) is 11.6 Å². The highest BCUT2D eigenvalue weighted by atomic mass is 32.2. The highest BCUT2D eigenvalue weighted by Gasteiger charge is 2.20. The van der Waals surface area contributed by atoms with E-state index in [1.165, 1.54) is 18.7 Å². The van der Waals surface area contributed by atoms with E-state index in [1.54, 1.807) is 0 Å². The zero-order chi connectivity index (χ0) is 21.8. The Morgan fingerprint density at radius 3 is 2.55 bits per heavy atom. The Kier molecular flexibility index (Phi) is 6.27. The molecule has 2 heterocycles. The second-order valence-corrected chi connectivity index (χ2v) is 8.19. The van der Waals surface area contributed by atoms with Gasteiger partial charge in [-0.15, -0.1) is 10.2 Å². The number of rotatable bonds is 8. The van der Waals surface area contributed by atoms with Gasteiger partial charge in [0.05, 0.1) is 11.3 Å². The maximum absolute atomic E-state index is 12.5. The van der Waals surface area contributed by atoms with Crippen molar-refractivity contribution in [1.82, 2.24) is 25.1 Å². The fraction of sp³-hybridized carbons (Fsp3) is 0.261. The quantitative estimate of drug-likeness (QED) is 0.424. The van der Waals surface area contributed by atoms with Crippen LogP contribution in [-0.4, -0.2) is 37.2 Å². The first-order valence-corrected chi connectivity index (χ1v) is 11.2. The van der Waals surface area contributed by atoms with Gasteiger partial charge in [0.25, 0.3) is 0 Å². The van der Waals surface area contributed by atoms with E-state index in [2.05, 4.69) is 38.1 Å². The number of carbonyl (C=O) groups is 2. The molecule has 0 saturated carbocycles. The summed E-state index contributed by atoms with van der Waals surface area (Å²) >= 11 is 1.21. The number of hydrogen-bond donors (Lipinski definition) is 1. The number of Topliss-reactive ketones (excluding diaryl/α,β-unsaturated/α-hetero) is 1. The lowest BCUT2D eigenvalue weighted by Gasteiger charge is -2.16. The van der Waals surface area contributed by atoms with Crippen LogP contribution in [0.1, 0.15) is 31.9 Å². The number of aromatic nitrogens is 4. The number of benzene rings is 2. The Labute approximate surface area is 184 Å². The summed E-state index contributed by atoms with van der Waals surface area (Å²) < 4.78 is 2.14. The Balaban J connectivity index is 1.52. The molecule has 1 amide bonds. The molecule has 0 radical (unpaired) electrons. The average molecular weight is 434 g/mol. The van der Waals surface area contributed by atoms with Crippen LogP contribution in [0.3, 0.4) is 0 Å². The first-order valence-electron chi connectivity index (χ1n) is 10.2. The van der Waals surface area contributed by atoms with Gasteiger partial charge in [0.2, 0.25) is 11.1 Å². The van der Waals surface area contributed by atoms with Gasteiger partial charge in [0, 0.05) is 11.9 Å². The summed E-state index contributed by atoms with van der Waals surface area (Å²) in [5, 5.41) is 12.9. The molecule has 0 aliphatic carbocycles. The van der Waals surface area contributed by atoms with Gasteiger partial charge >= 0.3 is 0 Å². The van der Waals surface area contributed by atoms with Gasteiger partial charge in [-0.1, -0.05) is 67.2 Å². The smallest absolute Gasteiger partial charge is 0.231 e. The van der Waals surface area contributed by atoms with Gasteiger partial charge in [-0.05, 0) is 25.0 Å². The minimum absolute atomic E-state index is 0.0950. The molecule has 2 aromatic heterocycles. The van der Waals surface area contributed by atoms with E-state index in [9.17, 15) is 9.59 Å². The molecule has 7 nitrogen and oxygen atoms in total. The molecule has 1 N–H and O–H groups in total. The number of fused-ring (bicyclic) bond motifs is 3. The van der Waals surface area contributed by atoms with E-state index < -0.39 is 6.04 Å². The zero-order valence-electron chi connectivity index (χ0n) is 17.4. The van der Waals surface area contributed by atoms with Gasteiger partial charge in [-0.2, -0.15) is 0 Å². The molecule has 8 heteroatoms. The summed E-state index contributed by atoms with van der Waals surface area (Å²) in [6, 6.07) is 16.6. The molecule has 0 spiro atoms. The minimum Gasteiger partial charge on any atom is -0.341 e. The molecule has 4 rings (SSSR count). The maximum atomic E-state index is 12.5. The van der Waals surface area contributed by atoms with Gasteiger partial charge in [-0.3, -0.25) is 9.59 Å². The maximum Gasteiger partial charge on any atom is 0.231 e. The molecule has 4 aromatic rings. The summed E-state index contributed by atoms with van der Waals surface area (Å²) in [6.45, 7) is 4.41. The third kappa shape index (κ3) is 4.44. The van der Waals surface area contributed by atoms with Crippen LogP contribution in [0, 0.1) is 0 Å². The van der Waals surface area contributed by atoms with Crippen molar-refractivity contribution in [3.63, 3.8) is 0 Å². The predicted octanol–water partition coefficient (Wildman–Crippen LogP) is 3.93. The summed E-state index contributed by atoms with van der Waals surface area (Å²) in [6.07, 6.45) is 0.967. The van der Waals surface area contributed by atoms with Gasteiger partial charge in [0.15, 0.2) is 11.4 Å². The van der Waals surface area contributed by atoms with Crippen molar-refractivity contribution in [1.29, 1.82) is 0 Å². The lowest BCUT2D eigenvalue weighted by atomic mass is 10.0. The van der Waals surface area contributed by atoms with E-state index in [1.807, 2.05) is 48.5 Å². The Bertz CT molecular complexity index is 1240. The van der Waals surface area contributed by atoms with Crippen LogP contribution < -0.4 is 5.32 Å². The van der Waals surface area contributed by atoms with Gasteiger partial charge in [-0.25, -0.2) is 4.98 Å². The highest BCUT2D eigenvalue weighted by Crippen LogP contribution is 2.27. The van der Waals surface area contributed by atoms with Crippen molar-refractivity contribution in [2.75, 3.05) is 5.75 Å². The van der Waals surface area contributed by atoms with E-state index in [0.29, 0.717) is 5.16 Å². The largest absolute Gasteiger partial charge is 0.341 e. The number of amides is 1. The van der Waals surface area contributed by atoms with E-state index in [0.717, 1.165) is 40.6 Å². The fourth-order valence-corrected chi connectivity index (χ4v) is 4.19. The molecular weight excluding hydrogens is 410 g/mol.